The molecule has 0 fully saturated rings. The van der Waals surface area contributed by atoms with Crippen LogP contribution in [0.2, 0.25) is 0 Å². The Morgan fingerprint density at radius 1 is 1.75 bits per heavy atom. The first-order valence-electron chi connectivity index (χ1n) is 1.55. The molecule has 0 heterocycles. The van der Waals surface area contributed by atoms with Gasteiger partial charge in [0.1, 0.15) is 0 Å². The summed E-state index contributed by atoms with van der Waals surface area (Å²) in [5.41, 5.74) is 3.27. The van der Waals surface area contributed by atoms with Crippen molar-refractivity contribution < 1.29 is 14.3 Å². The van der Waals surface area contributed by atoms with Gasteiger partial charge < -0.3 is 16.8 Å². The van der Waals surface area contributed by atoms with Crippen LogP contribution in [0.25, 0.3) is 0 Å². The van der Waals surface area contributed by atoms with Crippen molar-refractivity contribution in [2.45, 2.75) is 0 Å². The first kappa shape index (κ1) is 10.6. The second kappa shape index (κ2) is 2.81. The van der Waals surface area contributed by atoms with Crippen LogP contribution in [-0.2, 0) is 4.57 Å². The van der Waals surface area contributed by atoms with Crippen LogP contribution in [0.1, 0.15) is 0 Å². The summed E-state index contributed by atoms with van der Waals surface area (Å²) < 4.78 is 10.00. The summed E-state index contributed by atoms with van der Waals surface area (Å²) in [5, 5.41) is 0. The van der Waals surface area contributed by atoms with Gasteiger partial charge in [0.25, 0.3) is 7.37 Å². The minimum Gasteiger partial charge on any atom is -0.361 e. The highest BCUT2D eigenvalue weighted by Gasteiger charge is 2.16. The topological polar surface area (TPSA) is 115 Å². The van der Waals surface area contributed by atoms with E-state index in [-0.39, 0.29) is 6.15 Å². The minimum absolute atomic E-state index is 0. The van der Waals surface area contributed by atoms with Crippen LogP contribution in [0.4, 0.5) is 4.79 Å². The van der Waals surface area contributed by atoms with Gasteiger partial charge in [-0.3, -0.25) is 9.36 Å². The van der Waals surface area contributed by atoms with E-state index >= 15 is 0 Å². The quantitative estimate of drug-likeness (QED) is 0.448. The molecular formula is C2H9N2O3P. The van der Waals surface area contributed by atoms with E-state index in [9.17, 15) is 9.36 Å². The Morgan fingerprint density at radius 3 is 1.88 bits per heavy atom. The summed E-state index contributed by atoms with van der Waals surface area (Å²) >= 11 is 0. The molecule has 0 spiro atoms. The second-order valence-electron chi connectivity index (χ2n) is 1.22. The molecule has 1 amide bonds. The van der Waals surface area contributed by atoms with Gasteiger partial charge in [0.05, 0.1) is 0 Å². The molecule has 0 radical (unpaired) electrons. The minimum atomic E-state index is -3.60. The maximum Gasteiger partial charge on any atom is 0.302 e. The van der Waals surface area contributed by atoms with Crippen molar-refractivity contribution in [1.29, 1.82) is 0 Å². The SMILES string of the molecule is CP(=O)(O)C(N)=O.N. The lowest BCUT2D eigenvalue weighted by Gasteiger charge is -1.93. The monoisotopic (exact) mass is 140 g/mol. The van der Waals surface area contributed by atoms with Crippen LogP contribution < -0.4 is 11.9 Å². The largest absolute Gasteiger partial charge is 0.361 e. The highest BCUT2D eigenvalue weighted by atomic mass is 31.2. The third-order valence-electron chi connectivity index (χ3n) is 0.409. The van der Waals surface area contributed by atoms with E-state index in [1.807, 2.05) is 0 Å². The lowest BCUT2D eigenvalue weighted by atomic mass is 11.5. The third-order valence-corrected chi connectivity index (χ3v) is 1.23. The van der Waals surface area contributed by atoms with Crippen molar-refractivity contribution in [3.63, 3.8) is 0 Å². The molecule has 1 atom stereocenters. The average Bonchev–Trinajstić information content (AvgIpc) is 1.31. The Labute approximate surface area is 46.9 Å². The molecule has 0 aliphatic heterocycles. The highest BCUT2D eigenvalue weighted by molar-refractivity contribution is 7.74. The lowest BCUT2D eigenvalue weighted by molar-refractivity contribution is 0.262. The van der Waals surface area contributed by atoms with Gasteiger partial charge in [-0.05, 0) is 0 Å². The van der Waals surface area contributed by atoms with Crippen LogP contribution in [-0.4, -0.2) is 17.2 Å². The highest BCUT2D eigenvalue weighted by Crippen LogP contribution is 2.33. The molecule has 0 aromatic heterocycles. The number of carbonyl (C=O) groups excluding carboxylic acids is 1. The molecule has 5 nitrogen and oxygen atoms in total. The van der Waals surface area contributed by atoms with Crippen molar-refractivity contribution in [3.8, 4) is 0 Å². The summed E-state index contributed by atoms with van der Waals surface area (Å²) in [6.07, 6.45) is 0. The molecule has 50 valence electrons. The number of primary amides is 1. The predicted octanol–water partition coefficient (Wildman–Crippen LogP) is 0.127. The van der Waals surface area contributed by atoms with E-state index < -0.39 is 13.0 Å². The number of nitrogens with two attached hydrogens (primary N) is 1. The molecule has 0 aliphatic rings. The molecular weight excluding hydrogens is 131 g/mol. The molecule has 0 aromatic rings. The Morgan fingerprint density at radius 2 is 1.88 bits per heavy atom. The zero-order valence-corrected chi connectivity index (χ0v) is 5.39. The van der Waals surface area contributed by atoms with E-state index in [0.29, 0.717) is 0 Å². The maximum absolute atomic E-state index is 10.00. The van der Waals surface area contributed by atoms with Gasteiger partial charge in [-0.1, -0.05) is 0 Å². The number of hydrogen-bond donors (Lipinski definition) is 3. The zero-order chi connectivity index (χ0) is 6.08. The molecule has 0 bridgehead atoms. The van der Waals surface area contributed by atoms with Crippen molar-refractivity contribution in [2.24, 2.45) is 5.73 Å². The summed E-state index contributed by atoms with van der Waals surface area (Å²) in [6, 6.07) is 0. The van der Waals surface area contributed by atoms with E-state index in [1.165, 1.54) is 0 Å². The lowest BCUT2D eigenvalue weighted by Crippen LogP contribution is -2.07. The van der Waals surface area contributed by atoms with Crippen molar-refractivity contribution in [2.75, 3.05) is 6.66 Å². The van der Waals surface area contributed by atoms with Crippen molar-refractivity contribution in [3.05, 3.63) is 0 Å². The Bertz CT molecular complexity index is 127. The van der Waals surface area contributed by atoms with Crippen LogP contribution in [0.15, 0.2) is 0 Å². The van der Waals surface area contributed by atoms with Crippen molar-refractivity contribution in [1.82, 2.24) is 6.15 Å². The van der Waals surface area contributed by atoms with Crippen molar-refractivity contribution >= 4 is 13.0 Å². The molecule has 0 aromatic carbocycles. The third kappa shape index (κ3) is 3.80. The number of amides is 1. The van der Waals surface area contributed by atoms with Crippen LogP contribution in [0.3, 0.4) is 0 Å². The fourth-order valence-electron chi connectivity index (χ4n) is 0. The fraction of sp³-hybridized carbons (Fsp3) is 0.500. The van der Waals surface area contributed by atoms with Gasteiger partial charge in [0.15, 0.2) is 0 Å². The predicted molar refractivity (Wildman–Crippen MR) is 30.4 cm³/mol. The summed E-state index contributed by atoms with van der Waals surface area (Å²) in [7, 11) is -3.60. The normalized spacial score (nSPS) is 15.8. The van der Waals surface area contributed by atoms with Crippen LogP contribution in [0.5, 0.6) is 0 Å². The smallest absolute Gasteiger partial charge is 0.302 e. The van der Waals surface area contributed by atoms with Crippen LogP contribution in [0, 0.1) is 0 Å². The van der Waals surface area contributed by atoms with Gasteiger partial charge in [0, 0.05) is 6.66 Å². The number of carbonyl (C=O) groups is 1. The van der Waals surface area contributed by atoms with Gasteiger partial charge >= 0.3 is 5.65 Å². The molecule has 0 aliphatic carbocycles. The number of rotatable bonds is 1. The molecule has 0 saturated carbocycles. The van der Waals surface area contributed by atoms with Gasteiger partial charge in [-0.25, -0.2) is 0 Å². The van der Waals surface area contributed by atoms with Gasteiger partial charge in [-0.15, -0.1) is 0 Å². The Balaban J connectivity index is 0. The molecule has 6 heteroatoms. The standard InChI is InChI=1S/C2H6NO3P.H3N/c1-7(5,6)2(3)4;/h1H3,(H2,3,4)(H,5,6);1H3. The van der Waals surface area contributed by atoms with Crippen LogP contribution >= 0.6 is 7.37 Å². The molecule has 6 N–H and O–H groups in total. The van der Waals surface area contributed by atoms with E-state index in [0.717, 1.165) is 6.66 Å². The Kier molecular flexibility index (Phi) is 3.72. The molecule has 0 saturated heterocycles. The maximum atomic E-state index is 10.00. The number of hydrogen-bond acceptors (Lipinski definition) is 3. The first-order chi connectivity index (χ1) is 2.94. The van der Waals surface area contributed by atoms with E-state index in [4.69, 9.17) is 4.89 Å². The van der Waals surface area contributed by atoms with E-state index in [2.05, 4.69) is 5.73 Å². The summed E-state index contributed by atoms with van der Waals surface area (Å²) in [6.45, 7) is 0.898. The fourth-order valence-corrected chi connectivity index (χ4v) is 0. The second-order valence-corrected chi connectivity index (χ2v) is 3.42. The van der Waals surface area contributed by atoms with Gasteiger partial charge in [-0.2, -0.15) is 0 Å². The Hall–Kier alpha value is -0.380. The summed E-state index contributed by atoms with van der Waals surface area (Å²) in [4.78, 5) is 17.9. The van der Waals surface area contributed by atoms with E-state index in [1.54, 1.807) is 0 Å². The zero-order valence-electron chi connectivity index (χ0n) is 4.50. The molecule has 1 unspecified atom stereocenters. The first-order valence-corrected chi connectivity index (χ1v) is 3.65. The van der Waals surface area contributed by atoms with Gasteiger partial charge in [0.2, 0.25) is 0 Å². The summed E-state index contributed by atoms with van der Waals surface area (Å²) in [5.74, 6) is 0. The molecule has 8 heavy (non-hydrogen) atoms. The average molecular weight is 140 g/mol. The molecule has 0 rings (SSSR count).